The summed E-state index contributed by atoms with van der Waals surface area (Å²) in [5.41, 5.74) is 5.93. The molecular weight excluding hydrogens is 457 g/mol. The van der Waals surface area contributed by atoms with Gasteiger partial charge in [-0.25, -0.2) is 4.39 Å². The summed E-state index contributed by atoms with van der Waals surface area (Å²) in [5.74, 6) is 1.01. The third-order valence-electron chi connectivity index (χ3n) is 6.11. The van der Waals surface area contributed by atoms with E-state index in [-0.39, 0.29) is 11.7 Å². The zero-order valence-corrected chi connectivity index (χ0v) is 21.0. The topological polar surface area (TPSA) is 60.7 Å². The van der Waals surface area contributed by atoms with Gasteiger partial charge in [-0.2, -0.15) is 0 Å². The molecule has 0 radical (unpaired) electrons. The Balaban J connectivity index is 1.60. The fourth-order valence-corrected chi connectivity index (χ4v) is 4.28. The Hall–Kier alpha value is -4.06. The summed E-state index contributed by atoms with van der Waals surface area (Å²) >= 11 is 0. The van der Waals surface area contributed by atoms with Crippen LogP contribution in [0.2, 0.25) is 0 Å². The Bertz CT molecular complexity index is 1400. The lowest BCUT2D eigenvalue weighted by Crippen LogP contribution is -2.23. The minimum absolute atomic E-state index is 0.179. The normalized spacial score (nSPS) is 11.5. The number of amides is 1. The molecule has 3 aromatic carbocycles. The van der Waals surface area contributed by atoms with E-state index in [9.17, 15) is 9.18 Å². The second-order valence-corrected chi connectivity index (χ2v) is 8.56. The van der Waals surface area contributed by atoms with Crippen molar-refractivity contribution in [2.75, 3.05) is 20.3 Å². The van der Waals surface area contributed by atoms with Gasteiger partial charge in [0.15, 0.2) is 0 Å². The quantitative estimate of drug-likeness (QED) is 0.266. The van der Waals surface area contributed by atoms with Crippen molar-refractivity contribution < 1.29 is 23.1 Å². The maximum absolute atomic E-state index is 13.5. The predicted molar refractivity (Wildman–Crippen MR) is 141 cm³/mol. The van der Waals surface area contributed by atoms with Gasteiger partial charge in [0.1, 0.15) is 22.9 Å². The third-order valence-corrected chi connectivity index (χ3v) is 6.11. The summed E-state index contributed by atoms with van der Waals surface area (Å²) in [6.07, 6.45) is 3.96. The summed E-state index contributed by atoms with van der Waals surface area (Å²) in [4.78, 5) is 12.7. The molecule has 0 atom stereocenters. The molecule has 0 fully saturated rings. The van der Waals surface area contributed by atoms with E-state index in [0.29, 0.717) is 30.9 Å². The molecule has 0 saturated carbocycles. The van der Waals surface area contributed by atoms with E-state index in [1.807, 2.05) is 51.1 Å². The van der Waals surface area contributed by atoms with Gasteiger partial charge in [-0.15, -0.1) is 0 Å². The number of furan rings is 1. The number of ether oxygens (including phenoxy) is 2. The largest absolute Gasteiger partial charge is 0.497 e. The van der Waals surface area contributed by atoms with Gasteiger partial charge in [0.05, 0.1) is 20.0 Å². The molecule has 4 aromatic rings. The SMILES string of the molecule is CCOc1c(/C(C)=C/C(=O)NCCc2cccc(OC)c2)cc2c(-c3ccc(F)cc3)coc2c1C. The number of rotatable bonds is 9. The number of aryl methyl sites for hydroxylation is 1. The molecule has 6 heteroatoms. The van der Waals surface area contributed by atoms with Gasteiger partial charge in [-0.3, -0.25) is 4.79 Å². The highest BCUT2D eigenvalue weighted by Crippen LogP contribution is 2.40. The molecule has 5 nitrogen and oxygen atoms in total. The summed E-state index contributed by atoms with van der Waals surface area (Å²) in [5, 5.41) is 3.84. The van der Waals surface area contributed by atoms with E-state index in [1.165, 1.54) is 12.1 Å². The third kappa shape index (κ3) is 5.43. The Morgan fingerprint density at radius 1 is 1.14 bits per heavy atom. The molecule has 0 bridgehead atoms. The molecule has 0 unspecified atom stereocenters. The summed E-state index contributed by atoms with van der Waals surface area (Å²) in [7, 11) is 1.64. The van der Waals surface area contributed by atoms with E-state index in [0.717, 1.165) is 44.5 Å². The van der Waals surface area contributed by atoms with Gasteiger partial charge in [0, 0.05) is 34.7 Å². The lowest BCUT2D eigenvalue weighted by atomic mass is 9.96. The number of hydrogen-bond acceptors (Lipinski definition) is 4. The van der Waals surface area contributed by atoms with Crippen molar-refractivity contribution >= 4 is 22.4 Å². The Kier molecular flexibility index (Phi) is 7.74. The van der Waals surface area contributed by atoms with Gasteiger partial charge in [0.25, 0.3) is 0 Å². The molecule has 4 rings (SSSR count). The first-order valence-corrected chi connectivity index (χ1v) is 11.9. The van der Waals surface area contributed by atoms with Crippen molar-refractivity contribution in [2.45, 2.75) is 27.2 Å². The molecule has 0 saturated heterocycles. The second-order valence-electron chi connectivity index (χ2n) is 8.56. The van der Waals surface area contributed by atoms with Crippen LogP contribution in [0.4, 0.5) is 4.39 Å². The van der Waals surface area contributed by atoms with Gasteiger partial charge in [0.2, 0.25) is 5.91 Å². The van der Waals surface area contributed by atoms with Crippen molar-refractivity contribution in [2.24, 2.45) is 0 Å². The molecule has 36 heavy (non-hydrogen) atoms. The van der Waals surface area contributed by atoms with Gasteiger partial charge < -0.3 is 19.2 Å². The molecule has 1 N–H and O–H groups in total. The van der Waals surface area contributed by atoms with Crippen LogP contribution in [0.15, 0.2) is 71.4 Å². The van der Waals surface area contributed by atoms with Crippen LogP contribution < -0.4 is 14.8 Å². The van der Waals surface area contributed by atoms with Crippen LogP contribution in [0.1, 0.15) is 30.5 Å². The maximum atomic E-state index is 13.5. The van der Waals surface area contributed by atoms with E-state index in [1.54, 1.807) is 31.6 Å². The summed E-state index contributed by atoms with van der Waals surface area (Å²) in [6.45, 7) is 6.73. The number of nitrogens with one attached hydrogen (secondary N) is 1. The molecule has 0 aliphatic carbocycles. The van der Waals surface area contributed by atoms with Crippen LogP contribution in [-0.4, -0.2) is 26.2 Å². The van der Waals surface area contributed by atoms with Crippen molar-refractivity contribution in [1.29, 1.82) is 0 Å². The lowest BCUT2D eigenvalue weighted by molar-refractivity contribution is -0.116. The smallest absolute Gasteiger partial charge is 0.244 e. The average molecular weight is 488 g/mol. The summed E-state index contributed by atoms with van der Waals surface area (Å²) < 4.78 is 30.6. The predicted octanol–water partition coefficient (Wildman–Crippen LogP) is 6.72. The molecule has 1 heterocycles. The molecule has 0 aliphatic rings. The highest BCUT2D eigenvalue weighted by molar-refractivity contribution is 6.01. The minimum atomic E-state index is -0.293. The monoisotopic (exact) mass is 487 g/mol. The van der Waals surface area contributed by atoms with Crippen molar-refractivity contribution in [3.8, 4) is 22.6 Å². The van der Waals surface area contributed by atoms with Gasteiger partial charge >= 0.3 is 0 Å². The van der Waals surface area contributed by atoms with Crippen molar-refractivity contribution in [1.82, 2.24) is 5.32 Å². The molecule has 186 valence electrons. The number of fused-ring (bicyclic) bond motifs is 1. The lowest BCUT2D eigenvalue weighted by Gasteiger charge is -2.15. The standard InChI is InChI=1S/C30H30FNO4/c1-5-35-29-20(3)30-26(27(18-36-30)22-9-11-23(31)12-10-22)17-25(29)19(2)15-28(33)32-14-13-21-7-6-8-24(16-21)34-4/h6-12,15-18H,5,13-14H2,1-4H3,(H,32,33)/b19-15+. The van der Waals surface area contributed by atoms with Gasteiger partial charge in [-0.1, -0.05) is 24.3 Å². The van der Waals surface area contributed by atoms with Gasteiger partial charge in [-0.05, 0) is 74.2 Å². The van der Waals surface area contributed by atoms with Crippen molar-refractivity contribution in [3.63, 3.8) is 0 Å². The van der Waals surface area contributed by atoms with Crippen LogP contribution in [-0.2, 0) is 11.2 Å². The Morgan fingerprint density at radius 3 is 2.64 bits per heavy atom. The number of methoxy groups -OCH3 is 1. The van der Waals surface area contributed by atoms with Crippen LogP contribution in [0, 0.1) is 12.7 Å². The number of allylic oxidation sites excluding steroid dienone is 1. The van der Waals surface area contributed by atoms with E-state index in [4.69, 9.17) is 13.9 Å². The number of carbonyl (C=O) groups is 1. The first kappa shape index (κ1) is 25.0. The Labute approximate surface area is 210 Å². The fraction of sp³-hybridized carbons (Fsp3) is 0.233. The molecule has 1 aromatic heterocycles. The van der Waals surface area contributed by atoms with Crippen molar-refractivity contribution in [3.05, 3.63) is 89.4 Å². The zero-order valence-electron chi connectivity index (χ0n) is 21.0. The molecule has 1 amide bonds. The minimum Gasteiger partial charge on any atom is -0.497 e. The molecule has 0 aliphatic heterocycles. The number of carbonyl (C=O) groups excluding carboxylic acids is 1. The number of benzene rings is 3. The highest BCUT2D eigenvalue weighted by atomic mass is 19.1. The van der Waals surface area contributed by atoms with E-state index >= 15 is 0 Å². The number of hydrogen-bond donors (Lipinski definition) is 1. The fourth-order valence-electron chi connectivity index (χ4n) is 4.28. The highest BCUT2D eigenvalue weighted by Gasteiger charge is 2.19. The number of halogens is 1. The zero-order chi connectivity index (χ0) is 25.7. The Morgan fingerprint density at radius 2 is 1.92 bits per heavy atom. The summed E-state index contributed by atoms with van der Waals surface area (Å²) in [6, 6.07) is 16.1. The first-order chi connectivity index (χ1) is 17.4. The average Bonchev–Trinajstić information content (AvgIpc) is 3.30. The van der Waals surface area contributed by atoms with E-state index < -0.39 is 0 Å². The van der Waals surface area contributed by atoms with Crippen LogP contribution in [0.5, 0.6) is 11.5 Å². The van der Waals surface area contributed by atoms with Crippen LogP contribution >= 0.6 is 0 Å². The van der Waals surface area contributed by atoms with E-state index in [2.05, 4.69) is 5.32 Å². The maximum Gasteiger partial charge on any atom is 0.244 e. The van der Waals surface area contributed by atoms with Crippen LogP contribution in [0.25, 0.3) is 27.7 Å². The second kappa shape index (κ2) is 11.1. The van der Waals surface area contributed by atoms with Crippen LogP contribution in [0.3, 0.4) is 0 Å². The molecular formula is C30H30FNO4. The first-order valence-electron chi connectivity index (χ1n) is 11.9. The molecule has 0 spiro atoms.